The third kappa shape index (κ3) is 4.00. The van der Waals surface area contributed by atoms with Crippen LogP contribution in [0, 0.1) is 0 Å². The van der Waals surface area contributed by atoms with Crippen molar-refractivity contribution in [3.8, 4) is 28.7 Å². The first-order valence-electron chi connectivity index (χ1n) is 8.23. The third-order valence-corrected chi connectivity index (χ3v) is 4.31. The number of aldehydes is 1. The molecule has 0 fully saturated rings. The van der Waals surface area contributed by atoms with E-state index < -0.39 is 0 Å². The minimum atomic E-state index is 0.470. The molecule has 0 atom stereocenters. The quantitative estimate of drug-likeness (QED) is 0.398. The molecule has 0 aliphatic rings. The van der Waals surface area contributed by atoms with Gasteiger partial charge in [-0.1, -0.05) is 6.07 Å². The first-order chi connectivity index (χ1) is 13.0. The predicted molar refractivity (Wildman–Crippen MR) is 104 cm³/mol. The minimum Gasteiger partial charge on any atom is -0.493 e. The second-order valence-corrected chi connectivity index (χ2v) is 5.64. The van der Waals surface area contributed by atoms with E-state index >= 15 is 0 Å². The van der Waals surface area contributed by atoms with Gasteiger partial charge in [0, 0.05) is 5.57 Å². The number of benzene rings is 2. The molecule has 0 bridgehead atoms. The number of methoxy groups -OCH3 is 5. The lowest BCUT2D eigenvalue weighted by Gasteiger charge is -2.16. The molecule has 6 heteroatoms. The summed E-state index contributed by atoms with van der Waals surface area (Å²) in [7, 11) is 7.75. The molecule has 27 heavy (non-hydrogen) atoms. The molecule has 2 aromatic carbocycles. The Kier molecular flexibility index (Phi) is 6.71. The van der Waals surface area contributed by atoms with Crippen molar-refractivity contribution in [3.05, 3.63) is 41.5 Å². The van der Waals surface area contributed by atoms with Crippen LogP contribution in [0.3, 0.4) is 0 Å². The maximum absolute atomic E-state index is 11.9. The molecule has 0 amide bonds. The number of allylic oxidation sites excluding steroid dienone is 2. The molecular weight excluding hydrogens is 348 g/mol. The molecule has 0 aliphatic heterocycles. The smallest absolute Gasteiger partial charge is 0.203 e. The van der Waals surface area contributed by atoms with E-state index in [0.29, 0.717) is 39.9 Å². The maximum atomic E-state index is 11.9. The van der Waals surface area contributed by atoms with Gasteiger partial charge in [-0.25, -0.2) is 0 Å². The van der Waals surface area contributed by atoms with Crippen molar-refractivity contribution in [3.63, 3.8) is 0 Å². The molecule has 6 nitrogen and oxygen atoms in total. The normalized spacial score (nSPS) is 11.3. The van der Waals surface area contributed by atoms with Gasteiger partial charge >= 0.3 is 0 Å². The Morgan fingerprint density at radius 3 is 1.67 bits per heavy atom. The summed E-state index contributed by atoms with van der Waals surface area (Å²) in [5.74, 6) is 2.63. The third-order valence-electron chi connectivity index (χ3n) is 4.31. The van der Waals surface area contributed by atoms with Gasteiger partial charge in [0.25, 0.3) is 0 Å². The van der Waals surface area contributed by atoms with Gasteiger partial charge in [0.05, 0.1) is 35.5 Å². The fourth-order valence-electron chi connectivity index (χ4n) is 2.83. The number of hydrogen-bond donors (Lipinski definition) is 0. The summed E-state index contributed by atoms with van der Waals surface area (Å²) in [5.41, 5.74) is 2.77. The van der Waals surface area contributed by atoms with Gasteiger partial charge in [0.2, 0.25) is 5.75 Å². The van der Waals surface area contributed by atoms with E-state index in [4.69, 9.17) is 23.7 Å². The zero-order chi connectivity index (χ0) is 20.0. The Morgan fingerprint density at radius 1 is 0.704 bits per heavy atom. The van der Waals surface area contributed by atoms with E-state index in [1.54, 1.807) is 32.4 Å². The molecule has 144 valence electrons. The topological polar surface area (TPSA) is 63.2 Å². The Labute approximate surface area is 159 Å². The van der Waals surface area contributed by atoms with Crippen LogP contribution in [0.2, 0.25) is 0 Å². The summed E-state index contributed by atoms with van der Waals surface area (Å²) in [6.07, 6.45) is 0.812. The van der Waals surface area contributed by atoms with Crippen molar-refractivity contribution in [2.45, 2.75) is 6.92 Å². The zero-order valence-electron chi connectivity index (χ0n) is 16.4. The molecule has 0 aliphatic carbocycles. The molecule has 2 rings (SSSR count). The average Bonchev–Trinajstić information content (AvgIpc) is 2.72. The molecule has 0 aromatic heterocycles. The molecule has 0 saturated heterocycles. The van der Waals surface area contributed by atoms with Crippen molar-refractivity contribution in [2.24, 2.45) is 0 Å². The van der Waals surface area contributed by atoms with Crippen LogP contribution in [-0.4, -0.2) is 41.8 Å². The van der Waals surface area contributed by atoms with Crippen LogP contribution >= 0.6 is 0 Å². The van der Waals surface area contributed by atoms with Gasteiger partial charge in [0.15, 0.2) is 29.3 Å². The van der Waals surface area contributed by atoms with Gasteiger partial charge in [-0.15, -0.1) is 0 Å². The van der Waals surface area contributed by atoms with Gasteiger partial charge in [-0.05, 0) is 47.9 Å². The lowest BCUT2D eigenvalue weighted by Crippen LogP contribution is -1.99. The Bertz CT molecular complexity index is 829. The Hall–Kier alpha value is -3.15. The summed E-state index contributed by atoms with van der Waals surface area (Å²) in [5, 5.41) is 0. The first kappa shape index (κ1) is 20.2. The average molecular weight is 372 g/mol. The first-order valence-corrected chi connectivity index (χ1v) is 8.23. The summed E-state index contributed by atoms with van der Waals surface area (Å²) in [4.78, 5) is 11.9. The van der Waals surface area contributed by atoms with E-state index in [1.165, 1.54) is 21.3 Å². The van der Waals surface area contributed by atoms with E-state index in [0.717, 1.165) is 17.4 Å². The fourth-order valence-corrected chi connectivity index (χ4v) is 2.83. The van der Waals surface area contributed by atoms with E-state index in [9.17, 15) is 4.79 Å². The molecule has 0 spiro atoms. The second kappa shape index (κ2) is 8.98. The summed E-state index contributed by atoms with van der Waals surface area (Å²) >= 11 is 0. The van der Waals surface area contributed by atoms with Crippen LogP contribution < -0.4 is 23.7 Å². The molecule has 0 N–H and O–H groups in total. The zero-order valence-corrected chi connectivity index (χ0v) is 16.4. The lowest BCUT2D eigenvalue weighted by atomic mass is 9.96. The molecular formula is C21H24O6. The Balaban J connectivity index is 2.65. The lowest BCUT2D eigenvalue weighted by molar-refractivity contribution is -0.103. The Morgan fingerprint density at radius 2 is 1.22 bits per heavy atom. The van der Waals surface area contributed by atoms with Crippen LogP contribution in [0.5, 0.6) is 28.7 Å². The van der Waals surface area contributed by atoms with Crippen LogP contribution in [0.15, 0.2) is 30.3 Å². The summed E-state index contributed by atoms with van der Waals surface area (Å²) in [6.45, 7) is 1.87. The molecule has 2 aromatic rings. The van der Waals surface area contributed by atoms with Crippen molar-refractivity contribution in [1.82, 2.24) is 0 Å². The highest BCUT2D eigenvalue weighted by Crippen LogP contribution is 2.41. The molecule has 0 heterocycles. The molecule has 0 saturated carbocycles. The maximum Gasteiger partial charge on any atom is 0.203 e. The second-order valence-electron chi connectivity index (χ2n) is 5.64. The largest absolute Gasteiger partial charge is 0.493 e. The van der Waals surface area contributed by atoms with Crippen LogP contribution in [0.4, 0.5) is 0 Å². The SMILES string of the molecule is COc1ccc(C(C)=C(C=O)c2cc(OC)c(OC)c(OC)c2)cc1OC. The number of rotatable bonds is 8. The summed E-state index contributed by atoms with van der Waals surface area (Å²) in [6, 6.07) is 8.99. The van der Waals surface area contributed by atoms with Crippen molar-refractivity contribution >= 4 is 17.4 Å². The highest BCUT2D eigenvalue weighted by Gasteiger charge is 2.17. The van der Waals surface area contributed by atoms with Crippen molar-refractivity contribution < 1.29 is 28.5 Å². The minimum absolute atomic E-state index is 0.470. The van der Waals surface area contributed by atoms with E-state index in [1.807, 2.05) is 19.1 Å². The van der Waals surface area contributed by atoms with Crippen molar-refractivity contribution in [2.75, 3.05) is 35.5 Å². The number of carbonyl (C=O) groups is 1. The molecule has 0 unspecified atom stereocenters. The van der Waals surface area contributed by atoms with Gasteiger partial charge in [-0.2, -0.15) is 0 Å². The van der Waals surface area contributed by atoms with Crippen LogP contribution in [0.1, 0.15) is 18.1 Å². The number of hydrogen-bond acceptors (Lipinski definition) is 6. The highest BCUT2D eigenvalue weighted by atomic mass is 16.5. The van der Waals surface area contributed by atoms with Gasteiger partial charge in [0.1, 0.15) is 0 Å². The summed E-state index contributed by atoms with van der Waals surface area (Å²) < 4.78 is 26.7. The van der Waals surface area contributed by atoms with E-state index in [2.05, 4.69) is 0 Å². The monoisotopic (exact) mass is 372 g/mol. The van der Waals surface area contributed by atoms with Gasteiger partial charge in [-0.3, -0.25) is 4.79 Å². The number of ether oxygens (including phenoxy) is 5. The molecule has 0 radical (unpaired) electrons. The standard InChI is InChI=1S/C21H24O6/c1-13(14-7-8-17(23-2)18(9-14)24-3)16(12-22)15-10-19(25-4)21(27-6)20(11-15)26-5/h7-12H,1-6H3. The van der Waals surface area contributed by atoms with Gasteiger partial charge < -0.3 is 23.7 Å². The fraction of sp³-hybridized carbons (Fsp3) is 0.286. The highest BCUT2D eigenvalue weighted by molar-refractivity contribution is 6.17. The van der Waals surface area contributed by atoms with Crippen LogP contribution in [0.25, 0.3) is 11.1 Å². The predicted octanol–water partition coefficient (Wildman–Crippen LogP) is 3.86. The van der Waals surface area contributed by atoms with Crippen LogP contribution in [-0.2, 0) is 4.79 Å². The van der Waals surface area contributed by atoms with Crippen molar-refractivity contribution in [1.29, 1.82) is 0 Å². The number of carbonyl (C=O) groups excluding carboxylic acids is 1. The van der Waals surface area contributed by atoms with E-state index in [-0.39, 0.29) is 0 Å².